The lowest BCUT2D eigenvalue weighted by Crippen LogP contribution is -2.03. The molecule has 3 aliphatic rings. The summed E-state index contributed by atoms with van der Waals surface area (Å²) in [5.41, 5.74) is 7.29. The Kier molecular flexibility index (Phi) is 4.34. The van der Waals surface area contributed by atoms with Crippen LogP contribution < -0.4 is 18.9 Å². The minimum atomic E-state index is 0.264. The Hall–Kier alpha value is -3.92. The van der Waals surface area contributed by atoms with Gasteiger partial charge in [-0.15, -0.1) is 0 Å². The Labute approximate surface area is 198 Å². The van der Waals surface area contributed by atoms with E-state index in [1.165, 1.54) is 38.6 Å². The van der Waals surface area contributed by atoms with E-state index in [1.807, 2.05) is 6.07 Å². The van der Waals surface area contributed by atoms with Gasteiger partial charge in [-0.25, -0.2) is 0 Å². The van der Waals surface area contributed by atoms with Crippen molar-refractivity contribution in [1.82, 2.24) is 0 Å². The average Bonchev–Trinajstić information content (AvgIpc) is 3.52. The highest BCUT2D eigenvalue weighted by Crippen LogP contribution is 2.49. The molecule has 0 amide bonds. The smallest absolute Gasteiger partial charge is 0.231 e. The van der Waals surface area contributed by atoms with Gasteiger partial charge in [-0.05, 0) is 63.6 Å². The molecule has 0 N–H and O–H groups in total. The second-order valence-electron chi connectivity index (χ2n) is 9.17. The maximum Gasteiger partial charge on any atom is 0.231 e. The molecule has 4 aromatic carbocycles. The van der Waals surface area contributed by atoms with Gasteiger partial charge in [0.1, 0.15) is 0 Å². The minimum Gasteiger partial charge on any atom is -0.454 e. The van der Waals surface area contributed by atoms with Gasteiger partial charge in [0.2, 0.25) is 13.6 Å². The quantitative estimate of drug-likeness (QED) is 0.328. The van der Waals surface area contributed by atoms with Crippen molar-refractivity contribution >= 4 is 16.8 Å². The lowest BCUT2D eigenvalue weighted by molar-refractivity contribution is 0.173. The molecule has 1 aliphatic carbocycles. The second-order valence-corrected chi connectivity index (χ2v) is 9.17. The van der Waals surface area contributed by atoms with Crippen LogP contribution in [0.3, 0.4) is 0 Å². The molecule has 0 fully saturated rings. The van der Waals surface area contributed by atoms with Crippen LogP contribution in [0.25, 0.3) is 28.0 Å². The maximum absolute atomic E-state index is 5.97. The van der Waals surface area contributed by atoms with Gasteiger partial charge in [0.25, 0.3) is 0 Å². The Bertz CT molecular complexity index is 1470. The summed E-state index contributed by atoms with van der Waals surface area (Å²) in [7, 11) is 0. The molecule has 7 rings (SSSR count). The summed E-state index contributed by atoms with van der Waals surface area (Å²) >= 11 is 0. The number of allylic oxidation sites excluding steroid dienone is 1. The van der Waals surface area contributed by atoms with Crippen molar-refractivity contribution in [1.29, 1.82) is 0 Å². The summed E-state index contributed by atoms with van der Waals surface area (Å²) in [4.78, 5) is 0. The van der Waals surface area contributed by atoms with Crippen molar-refractivity contribution < 1.29 is 18.9 Å². The monoisotopic (exact) mass is 448 g/mol. The predicted molar refractivity (Wildman–Crippen MR) is 133 cm³/mol. The Morgan fingerprint density at radius 1 is 0.765 bits per heavy atom. The topological polar surface area (TPSA) is 36.9 Å². The van der Waals surface area contributed by atoms with Crippen LogP contribution in [0.1, 0.15) is 41.5 Å². The van der Waals surface area contributed by atoms with E-state index >= 15 is 0 Å². The van der Waals surface area contributed by atoms with Gasteiger partial charge in [0.15, 0.2) is 23.0 Å². The van der Waals surface area contributed by atoms with Gasteiger partial charge >= 0.3 is 0 Å². The lowest BCUT2D eigenvalue weighted by Gasteiger charge is -2.24. The Morgan fingerprint density at radius 2 is 1.56 bits per heavy atom. The van der Waals surface area contributed by atoms with Crippen molar-refractivity contribution in [2.24, 2.45) is 0 Å². The van der Waals surface area contributed by atoms with Crippen LogP contribution in [0.15, 0.2) is 66.7 Å². The van der Waals surface area contributed by atoms with Crippen molar-refractivity contribution in [3.05, 3.63) is 89.0 Å². The molecule has 2 heterocycles. The summed E-state index contributed by atoms with van der Waals surface area (Å²) in [6.07, 6.45) is 6.18. The molecule has 4 nitrogen and oxygen atoms in total. The number of benzene rings is 4. The van der Waals surface area contributed by atoms with Gasteiger partial charge in [0, 0.05) is 17.5 Å². The van der Waals surface area contributed by atoms with Crippen LogP contribution in [-0.2, 0) is 6.42 Å². The first kappa shape index (κ1) is 19.5. The fourth-order valence-electron chi connectivity index (χ4n) is 5.58. The number of hydrogen-bond acceptors (Lipinski definition) is 4. The van der Waals surface area contributed by atoms with Crippen molar-refractivity contribution in [3.8, 4) is 34.1 Å². The largest absolute Gasteiger partial charge is 0.454 e. The third kappa shape index (κ3) is 2.91. The summed E-state index contributed by atoms with van der Waals surface area (Å²) < 4.78 is 23.4. The fraction of sp³-hybridized carbons (Fsp3) is 0.200. The molecule has 1 unspecified atom stereocenters. The molecular weight excluding hydrogens is 424 g/mol. The van der Waals surface area contributed by atoms with E-state index in [1.54, 1.807) is 0 Å². The van der Waals surface area contributed by atoms with Crippen LogP contribution in [0.5, 0.6) is 23.0 Å². The molecule has 0 radical (unpaired) electrons. The summed E-state index contributed by atoms with van der Waals surface area (Å²) in [5, 5.41) is 2.46. The van der Waals surface area contributed by atoms with Crippen LogP contribution in [0.2, 0.25) is 0 Å². The van der Waals surface area contributed by atoms with E-state index in [2.05, 4.69) is 73.7 Å². The Balaban J connectivity index is 1.51. The van der Waals surface area contributed by atoms with Gasteiger partial charge in [-0.2, -0.15) is 0 Å². The summed E-state index contributed by atoms with van der Waals surface area (Å²) in [5.74, 6) is 3.71. The molecule has 168 valence electrons. The van der Waals surface area contributed by atoms with Crippen LogP contribution in [-0.4, -0.2) is 13.6 Å². The number of hydrogen-bond donors (Lipinski definition) is 0. The number of fused-ring (bicyclic) bond motifs is 8. The molecule has 4 heteroatoms. The van der Waals surface area contributed by atoms with E-state index in [-0.39, 0.29) is 13.6 Å². The minimum absolute atomic E-state index is 0.264. The zero-order valence-electron chi connectivity index (χ0n) is 19.0. The second kappa shape index (κ2) is 7.56. The highest BCUT2D eigenvalue weighted by Gasteiger charge is 2.28. The highest BCUT2D eigenvalue weighted by atomic mass is 16.7. The van der Waals surface area contributed by atoms with E-state index in [0.717, 1.165) is 41.4 Å². The van der Waals surface area contributed by atoms with Crippen LogP contribution in [0.4, 0.5) is 0 Å². The molecular formula is C30H24O4. The molecule has 0 spiro atoms. The molecule has 2 aliphatic heterocycles. The zero-order valence-corrected chi connectivity index (χ0v) is 19.0. The van der Waals surface area contributed by atoms with Gasteiger partial charge in [-0.1, -0.05) is 61.5 Å². The third-order valence-corrected chi connectivity index (χ3v) is 7.16. The average molecular weight is 449 g/mol. The zero-order chi connectivity index (χ0) is 22.6. The third-order valence-electron chi connectivity index (χ3n) is 7.16. The van der Waals surface area contributed by atoms with E-state index in [9.17, 15) is 0 Å². The van der Waals surface area contributed by atoms with Crippen molar-refractivity contribution in [2.75, 3.05) is 13.6 Å². The standard InChI is InChI=1S/C30H24O4/c1-18-6-5-9-23-20(12-13-26-29(23)33-16-31-26)22-11-10-21-24(28(18)22)15-27-30(34-17-32-27)25(21)14-19-7-3-2-4-8-19/h2-5,7-13,15,18H,6,14,16-17H2,1H3. The lowest BCUT2D eigenvalue weighted by atomic mass is 9.81. The number of ether oxygens (including phenoxy) is 4. The van der Waals surface area contributed by atoms with E-state index in [4.69, 9.17) is 18.9 Å². The summed E-state index contributed by atoms with van der Waals surface area (Å²) in [6.45, 7) is 2.84. The molecule has 34 heavy (non-hydrogen) atoms. The summed E-state index contributed by atoms with van der Waals surface area (Å²) in [6, 6.07) is 21.4. The maximum atomic E-state index is 5.97. The molecule has 0 saturated heterocycles. The van der Waals surface area contributed by atoms with E-state index in [0.29, 0.717) is 5.92 Å². The van der Waals surface area contributed by atoms with Crippen molar-refractivity contribution in [3.63, 3.8) is 0 Å². The molecule has 1 atom stereocenters. The van der Waals surface area contributed by atoms with Gasteiger partial charge in [0.05, 0.1) is 0 Å². The predicted octanol–water partition coefficient (Wildman–Crippen LogP) is 7.08. The van der Waals surface area contributed by atoms with E-state index < -0.39 is 0 Å². The van der Waals surface area contributed by atoms with Crippen LogP contribution >= 0.6 is 0 Å². The molecule has 0 aromatic heterocycles. The highest BCUT2D eigenvalue weighted by molar-refractivity contribution is 5.99. The molecule has 4 aromatic rings. The van der Waals surface area contributed by atoms with Gasteiger partial charge < -0.3 is 18.9 Å². The first-order valence-corrected chi connectivity index (χ1v) is 11.8. The molecule has 0 saturated carbocycles. The van der Waals surface area contributed by atoms with Crippen molar-refractivity contribution in [2.45, 2.75) is 25.7 Å². The molecule has 0 bridgehead atoms. The number of rotatable bonds is 2. The fourth-order valence-corrected chi connectivity index (χ4v) is 5.58. The normalized spacial score (nSPS) is 17.3. The van der Waals surface area contributed by atoms with Crippen LogP contribution in [0, 0.1) is 0 Å². The van der Waals surface area contributed by atoms with Gasteiger partial charge in [-0.3, -0.25) is 0 Å². The SMILES string of the molecule is CC1CC=Cc2c(ccc3c2OCO3)-c2ccc3c(Cc4ccccc4)c4c(cc3c21)OCO4. The first-order valence-electron chi connectivity index (χ1n) is 11.8. The Morgan fingerprint density at radius 3 is 2.44 bits per heavy atom. The first-order chi connectivity index (χ1) is 16.8.